The van der Waals surface area contributed by atoms with Gasteiger partial charge in [0.25, 0.3) is 0 Å². The topological polar surface area (TPSA) is 12.0 Å². The van der Waals surface area contributed by atoms with E-state index in [9.17, 15) is 0 Å². The van der Waals surface area contributed by atoms with Gasteiger partial charge in [0.05, 0.1) is 6.04 Å². The van der Waals surface area contributed by atoms with Crippen molar-refractivity contribution in [1.82, 2.24) is 5.32 Å². The summed E-state index contributed by atoms with van der Waals surface area (Å²) in [4.78, 5) is 0. The second-order valence-corrected chi connectivity index (χ2v) is 7.20. The van der Waals surface area contributed by atoms with Crippen molar-refractivity contribution in [3.8, 4) is 0 Å². The summed E-state index contributed by atoms with van der Waals surface area (Å²) in [5, 5.41) is 3.63. The molecule has 2 aromatic carbocycles. The summed E-state index contributed by atoms with van der Waals surface area (Å²) in [6.07, 6.45) is 1.10. The Kier molecular flexibility index (Phi) is 6.27. The monoisotopic (exact) mass is 459 g/mol. The Labute approximate surface area is 145 Å². The van der Waals surface area contributed by atoms with E-state index in [4.69, 9.17) is 0 Å². The zero-order chi connectivity index (χ0) is 14.5. The summed E-state index contributed by atoms with van der Waals surface area (Å²) in [6.45, 7) is 3.16. The van der Waals surface area contributed by atoms with Gasteiger partial charge >= 0.3 is 0 Å². The van der Waals surface area contributed by atoms with Crippen molar-refractivity contribution in [2.24, 2.45) is 0 Å². The number of hydrogen-bond donors (Lipinski definition) is 1. The third-order valence-electron chi connectivity index (χ3n) is 3.08. The Morgan fingerprint density at radius 2 is 1.65 bits per heavy atom. The van der Waals surface area contributed by atoms with Crippen LogP contribution in [0.3, 0.4) is 0 Å². The Balaban J connectivity index is 2.47. The lowest BCUT2D eigenvalue weighted by molar-refractivity contribution is 0.595. The van der Waals surface area contributed by atoms with Crippen molar-refractivity contribution in [2.75, 3.05) is 6.54 Å². The molecule has 106 valence electrons. The van der Waals surface area contributed by atoms with Crippen LogP contribution in [0.4, 0.5) is 0 Å². The van der Waals surface area contributed by atoms with E-state index in [0.717, 1.165) is 26.4 Å². The van der Waals surface area contributed by atoms with Gasteiger partial charge in [-0.1, -0.05) is 72.9 Å². The van der Waals surface area contributed by atoms with Crippen LogP contribution in [-0.2, 0) is 0 Å². The Morgan fingerprint density at radius 3 is 2.35 bits per heavy atom. The maximum atomic E-state index is 3.67. The molecule has 2 rings (SSSR count). The Bertz CT molecular complexity index is 584. The molecular formula is C16H16Br3N. The largest absolute Gasteiger partial charge is 0.306 e. The van der Waals surface area contributed by atoms with Crippen molar-refractivity contribution < 1.29 is 0 Å². The van der Waals surface area contributed by atoms with Crippen molar-refractivity contribution in [1.29, 1.82) is 0 Å². The maximum Gasteiger partial charge on any atom is 0.0599 e. The molecule has 0 saturated carbocycles. The van der Waals surface area contributed by atoms with Gasteiger partial charge in [0, 0.05) is 13.4 Å². The molecule has 0 heterocycles. The number of benzene rings is 2. The number of rotatable bonds is 5. The number of halogens is 3. The first-order chi connectivity index (χ1) is 9.63. The average molecular weight is 462 g/mol. The molecule has 0 aliphatic heterocycles. The lowest BCUT2D eigenvalue weighted by Crippen LogP contribution is -2.24. The molecule has 0 aromatic heterocycles. The van der Waals surface area contributed by atoms with Gasteiger partial charge in [-0.05, 0) is 48.4 Å². The summed E-state index contributed by atoms with van der Waals surface area (Å²) < 4.78 is 3.33. The molecule has 0 radical (unpaired) electrons. The summed E-state index contributed by atoms with van der Waals surface area (Å²) >= 11 is 10.9. The molecule has 1 unspecified atom stereocenters. The van der Waals surface area contributed by atoms with Crippen LogP contribution < -0.4 is 5.32 Å². The molecule has 0 amide bonds. The molecule has 0 spiro atoms. The molecule has 1 N–H and O–H groups in total. The van der Waals surface area contributed by atoms with E-state index in [-0.39, 0.29) is 6.04 Å². The minimum absolute atomic E-state index is 0.164. The van der Waals surface area contributed by atoms with E-state index in [1.807, 2.05) is 12.1 Å². The SMILES string of the molecule is CCCNC(c1ccccc1Br)c1cc(Br)ccc1Br. The zero-order valence-corrected chi connectivity index (χ0v) is 15.9. The number of hydrogen-bond acceptors (Lipinski definition) is 1. The van der Waals surface area contributed by atoms with Crippen molar-refractivity contribution >= 4 is 47.8 Å². The van der Waals surface area contributed by atoms with Gasteiger partial charge in [-0.25, -0.2) is 0 Å². The van der Waals surface area contributed by atoms with E-state index in [0.29, 0.717) is 0 Å². The Hall–Kier alpha value is -0.160. The second kappa shape index (κ2) is 7.74. The third kappa shape index (κ3) is 3.94. The van der Waals surface area contributed by atoms with Gasteiger partial charge in [-0.2, -0.15) is 0 Å². The van der Waals surface area contributed by atoms with Crippen LogP contribution in [0.5, 0.6) is 0 Å². The molecule has 0 aliphatic carbocycles. The van der Waals surface area contributed by atoms with Crippen LogP contribution >= 0.6 is 47.8 Å². The van der Waals surface area contributed by atoms with Crippen LogP contribution in [0.25, 0.3) is 0 Å². The van der Waals surface area contributed by atoms with E-state index in [1.165, 1.54) is 11.1 Å². The number of nitrogens with one attached hydrogen (secondary N) is 1. The molecule has 0 aliphatic rings. The molecule has 1 nitrogen and oxygen atoms in total. The van der Waals surface area contributed by atoms with E-state index in [1.54, 1.807) is 0 Å². The molecule has 4 heteroatoms. The highest BCUT2D eigenvalue weighted by molar-refractivity contribution is 9.11. The minimum Gasteiger partial charge on any atom is -0.306 e. The first-order valence-electron chi connectivity index (χ1n) is 6.56. The smallest absolute Gasteiger partial charge is 0.0599 e. The summed E-state index contributed by atoms with van der Waals surface area (Å²) in [7, 11) is 0. The third-order valence-corrected chi connectivity index (χ3v) is 5.02. The fourth-order valence-corrected chi connectivity index (χ4v) is 3.49. The minimum atomic E-state index is 0.164. The maximum absolute atomic E-state index is 3.67. The average Bonchev–Trinajstić information content (AvgIpc) is 2.44. The lowest BCUT2D eigenvalue weighted by atomic mass is 9.98. The molecule has 0 bridgehead atoms. The predicted octanol–water partition coefficient (Wildman–Crippen LogP) is 6.06. The molecule has 2 aromatic rings. The highest BCUT2D eigenvalue weighted by Crippen LogP contribution is 2.34. The first kappa shape index (κ1) is 16.2. The van der Waals surface area contributed by atoms with Gasteiger partial charge in [-0.15, -0.1) is 0 Å². The highest BCUT2D eigenvalue weighted by Gasteiger charge is 2.18. The Morgan fingerprint density at radius 1 is 0.950 bits per heavy atom. The molecule has 1 atom stereocenters. The van der Waals surface area contributed by atoms with Gasteiger partial charge in [-0.3, -0.25) is 0 Å². The van der Waals surface area contributed by atoms with Crippen molar-refractivity contribution in [3.63, 3.8) is 0 Å². The van der Waals surface area contributed by atoms with Gasteiger partial charge in [0.1, 0.15) is 0 Å². The molecule has 20 heavy (non-hydrogen) atoms. The van der Waals surface area contributed by atoms with Crippen LogP contribution in [-0.4, -0.2) is 6.54 Å². The molecular weight excluding hydrogens is 446 g/mol. The lowest BCUT2D eigenvalue weighted by Gasteiger charge is -2.22. The predicted molar refractivity (Wildman–Crippen MR) is 96.1 cm³/mol. The molecule has 0 fully saturated rings. The highest BCUT2D eigenvalue weighted by atomic mass is 79.9. The second-order valence-electron chi connectivity index (χ2n) is 4.57. The fourth-order valence-electron chi connectivity index (χ4n) is 2.12. The summed E-state index contributed by atoms with van der Waals surface area (Å²) in [5.74, 6) is 0. The zero-order valence-electron chi connectivity index (χ0n) is 11.2. The van der Waals surface area contributed by atoms with E-state index >= 15 is 0 Å². The quantitative estimate of drug-likeness (QED) is 0.570. The standard InChI is InChI=1S/C16H16Br3N/c1-2-9-20-16(12-5-3-4-6-14(12)18)13-10-11(17)7-8-15(13)19/h3-8,10,16,20H,2,9H2,1H3. The molecule has 0 saturated heterocycles. The summed E-state index contributed by atoms with van der Waals surface area (Å²) in [6, 6.07) is 14.8. The first-order valence-corrected chi connectivity index (χ1v) is 8.94. The normalized spacial score (nSPS) is 12.4. The van der Waals surface area contributed by atoms with Crippen LogP contribution in [0.15, 0.2) is 55.9 Å². The van der Waals surface area contributed by atoms with Crippen molar-refractivity contribution in [3.05, 3.63) is 67.0 Å². The van der Waals surface area contributed by atoms with Crippen LogP contribution in [0, 0.1) is 0 Å². The van der Waals surface area contributed by atoms with Crippen LogP contribution in [0.2, 0.25) is 0 Å². The van der Waals surface area contributed by atoms with Gasteiger partial charge in [0.15, 0.2) is 0 Å². The van der Waals surface area contributed by atoms with Crippen LogP contribution in [0.1, 0.15) is 30.5 Å². The van der Waals surface area contributed by atoms with E-state index in [2.05, 4.69) is 90.4 Å². The summed E-state index contributed by atoms with van der Waals surface area (Å²) in [5.41, 5.74) is 2.49. The van der Waals surface area contributed by atoms with Gasteiger partial charge in [0.2, 0.25) is 0 Å². The fraction of sp³-hybridized carbons (Fsp3) is 0.250. The van der Waals surface area contributed by atoms with Crippen molar-refractivity contribution in [2.45, 2.75) is 19.4 Å². The van der Waals surface area contributed by atoms with Gasteiger partial charge < -0.3 is 5.32 Å². The van der Waals surface area contributed by atoms with E-state index < -0.39 is 0 Å².